The first-order valence-electron chi connectivity index (χ1n) is 8.94. The highest BCUT2D eigenvalue weighted by molar-refractivity contribution is 5.88. The van der Waals surface area contributed by atoms with Crippen LogP contribution in [0.25, 0.3) is 33.4 Å². The Morgan fingerprint density at radius 3 is 2.14 bits per heavy atom. The first-order valence-corrected chi connectivity index (χ1v) is 8.94. The topological polar surface area (TPSA) is 50.4 Å². The Hall–Kier alpha value is -3.41. The summed E-state index contributed by atoms with van der Waals surface area (Å²) in [7, 11) is 8.87. The van der Waals surface area contributed by atoms with Crippen LogP contribution in [-0.4, -0.2) is 35.4 Å². The van der Waals surface area contributed by atoms with Crippen molar-refractivity contribution >= 4 is 10.9 Å². The molecule has 0 atom stereocenters. The average Bonchev–Trinajstić information content (AvgIpc) is 3.29. The van der Waals surface area contributed by atoms with Crippen LogP contribution in [0.1, 0.15) is 0 Å². The van der Waals surface area contributed by atoms with Gasteiger partial charge in [-0.05, 0) is 29.7 Å². The number of nitrogens with zero attached hydrogens (tertiary/aromatic N) is 3. The molecule has 144 valence electrons. The zero-order chi connectivity index (χ0) is 19.8. The number of fused-ring (bicyclic) bond motifs is 1. The van der Waals surface area contributed by atoms with Crippen molar-refractivity contribution in [3.63, 3.8) is 0 Å². The van der Waals surface area contributed by atoms with Gasteiger partial charge in [-0.25, -0.2) is 4.98 Å². The molecule has 2 aromatic carbocycles. The average molecular weight is 377 g/mol. The number of aromatic nitrogens is 3. The Labute approximate surface area is 163 Å². The Kier molecular flexibility index (Phi) is 4.47. The number of benzene rings is 2. The molecule has 6 heteroatoms. The predicted molar refractivity (Wildman–Crippen MR) is 110 cm³/mol. The van der Waals surface area contributed by atoms with Crippen molar-refractivity contribution in [3.8, 4) is 39.8 Å². The molecular formula is C22H23N3O3. The minimum absolute atomic E-state index is 0.572. The molecule has 0 radical (unpaired) electrons. The molecule has 0 amide bonds. The molecule has 0 spiro atoms. The van der Waals surface area contributed by atoms with Crippen LogP contribution in [0.15, 0.2) is 48.9 Å². The van der Waals surface area contributed by atoms with Gasteiger partial charge < -0.3 is 23.3 Å². The van der Waals surface area contributed by atoms with E-state index in [4.69, 9.17) is 14.2 Å². The van der Waals surface area contributed by atoms with Gasteiger partial charge in [0.05, 0.1) is 39.0 Å². The van der Waals surface area contributed by atoms with Gasteiger partial charge in [-0.2, -0.15) is 0 Å². The number of hydrogen-bond acceptors (Lipinski definition) is 4. The standard InChI is InChI=1S/C22H23N3O3/c1-24-9-8-14-6-7-15(10-17(14)24)20-21(25(2)13-23-20)16-11-18(26-3)22(28-5)19(12-16)27-4/h6-13H,1-5H3. The lowest BCUT2D eigenvalue weighted by Gasteiger charge is -2.15. The number of imidazole rings is 1. The minimum atomic E-state index is 0.572. The second-order valence-electron chi connectivity index (χ2n) is 6.67. The highest BCUT2D eigenvalue weighted by atomic mass is 16.5. The monoisotopic (exact) mass is 377 g/mol. The largest absolute Gasteiger partial charge is 0.493 e. The second-order valence-corrected chi connectivity index (χ2v) is 6.67. The SMILES string of the molecule is COc1cc(-c2c(-c3ccc4ccn(C)c4c3)ncn2C)cc(OC)c1OC. The van der Waals surface area contributed by atoms with E-state index >= 15 is 0 Å². The van der Waals surface area contributed by atoms with E-state index in [9.17, 15) is 0 Å². The molecule has 0 fully saturated rings. The number of aryl methyl sites for hydroxylation is 2. The van der Waals surface area contributed by atoms with E-state index in [0.717, 1.165) is 22.5 Å². The van der Waals surface area contributed by atoms with E-state index in [0.29, 0.717) is 17.2 Å². The third-order valence-electron chi connectivity index (χ3n) is 5.04. The molecule has 0 aliphatic heterocycles. The molecule has 0 aliphatic rings. The highest BCUT2D eigenvalue weighted by Crippen LogP contribution is 2.43. The summed E-state index contributed by atoms with van der Waals surface area (Å²) in [4.78, 5) is 4.68. The van der Waals surface area contributed by atoms with Crippen molar-refractivity contribution in [2.24, 2.45) is 14.1 Å². The molecule has 0 unspecified atom stereocenters. The second kappa shape index (κ2) is 6.96. The zero-order valence-corrected chi connectivity index (χ0v) is 16.7. The van der Waals surface area contributed by atoms with Gasteiger partial charge in [0, 0.05) is 36.9 Å². The van der Waals surface area contributed by atoms with E-state index in [-0.39, 0.29) is 0 Å². The van der Waals surface area contributed by atoms with Crippen LogP contribution in [0.2, 0.25) is 0 Å². The van der Waals surface area contributed by atoms with Crippen LogP contribution >= 0.6 is 0 Å². The number of rotatable bonds is 5. The molecule has 2 heterocycles. The van der Waals surface area contributed by atoms with Crippen LogP contribution < -0.4 is 14.2 Å². The maximum Gasteiger partial charge on any atom is 0.203 e. The van der Waals surface area contributed by atoms with Crippen molar-refractivity contribution in [1.29, 1.82) is 0 Å². The van der Waals surface area contributed by atoms with Crippen molar-refractivity contribution in [2.45, 2.75) is 0 Å². The molecule has 28 heavy (non-hydrogen) atoms. The molecule has 4 aromatic rings. The summed E-state index contributed by atoms with van der Waals surface area (Å²) in [6.45, 7) is 0. The molecule has 0 saturated heterocycles. The highest BCUT2D eigenvalue weighted by Gasteiger charge is 2.19. The molecule has 0 bridgehead atoms. The predicted octanol–water partition coefficient (Wildman–Crippen LogP) is 4.27. The fourth-order valence-corrected chi connectivity index (χ4v) is 3.61. The summed E-state index contributed by atoms with van der Waals surface area (Å²) in [6.07, 6.45) is 3.88. The summed E-state index contributed by atoms with van der Waals surface area (Å²) < 4.78 is 20.6. The fraction of sp³-hybridized carbons (Fsp3) is 0.227. The molecule has 4 rings (SSSR count). The van der Waals surface area contributed by atoms with Crippen molar-refractivity contribution in [1.82, 2.24) is 14.1 Å². The van der Waals surface area contributed by atoms with E-state index in [1.165, 1.54) is 10.9 Å². The van der Waals surface area contributed by atoms with Gasteiger partial charge in [-0.3, -0.25) is 0 Å². The Balaban J connectivity index is 1.92. The van der Waals surface area contributed by atoms with Crippen LogP contribution in [-0.2, 0) is 14.1 Å². The third kappa shape index (κ3) is 2.78. The van der Waals surface area contributed by atoms with Gasteiger partial charge in [0.1, 0.15) is 0 Å². The lowest BCUT2D eigenvalue weighted by molar-refractivity contribution is 0.324. The third-order valence-corrected chi connectivity index (χ3v) is 5.04. The molecule has 0 saturated carbocycles. The van der Waals surface area contributed by atoms with Gasteiger partial charge in [0.25, 0.3) is 0 Å². The van der Waals surface area contributed by atoms with E-state index in [1.54, 1.807) is 21.3 Å². The van der Waals surface area contributed by atoms with Gasteiger partial charge >= 0.3 is 0 Å². The van der Waals surface area contributed by atoms with Crippen LogP contribution in [0.4, 0.5) is 0 Å². The van der Waals surface area contributed by atoms with Gasteiger partial charge in [-0.15, -0.1) is 0 Å². The van der Waals surface area contributed by atoms with Crippen LogP contribution in [0.3, 0.4) is 0 Å². The van der Waals surface area contributed by atoms with Gasteiger partial charge in [0.2, 0.25) is 5.75 Å². The Morgan fingerprint density at radius 2 is 1.50 bits per heavy atom. The summed E-state index contributed by atoms with van der Waals surface area (Å²) in [5.41, 5.74) is 5.04. The molecule has 2 aromatic heterocycles. The van der Waals surface area contributed by atoms with Crippen molar-refractivity contribution in [2.75, 3.05) is 21.3 Å². The lowest BCUT2D eigenvalue weighted by Crippen LogP contribution is -1.98. The Morgan fingerprint density at radius 1 is 0.786 bits per heavy atom. The summed E-state index contributed by atoms with van der Waals surface area (Å²) in [6, 6.07) is 12.4. The van der Waals surface area contributed by atoms with Crippen molar-refractivity contribution < 1.29 is 14.2 Å². The van der Waals surface area contributed by atoms with E-state index < -0.39 is 0 Å². The van der Waals surface area contributed by atoms with E-state index in [2.05, 4.69) is 40.0 Å². The molecule has 6 nitrogen and oxygen atoms in total. The molecule has 0 aliphatic carbocycles. The quantitative estimate of drug-likeness (QED) is 0.521. The maximum absolute atomic E-state index is 5.53. The first-order chi connectivity index (χ1) is 13.6. The Bertz CT molecular complexity index is 1130. The number of hydrogen-bond donors (Lipinski definition) is 0. The van der Waals surface area contributed by atoms with Crippen LogP contribution in [0, 0.1) is 0 Å². The van der Waals surface area contributed by atoms with E-state index in [1.807, 2.05) is 37.1 Å². The fourth-order valence-electron chi connectivity index (χ4n) is 3.61. The molecule has 0 N–H and O–H groups in total. The minimum Gasteiger partial charge on any atom is -0.493 e. The van der Waals surface area contributed by atoms with Crippen LogP contribution in [0.5, 0.6) is 17.2 Å². The van der Waals surface area contributed by atoms with Gasteiger partial charge in [0.15, 0.2) is 11.5 Å². The summed E-state index contributed by atoms with van der Waals surface area (Å²) >= 11 is 0. The zero-order valence-electron chi connectivity index (χ0n) is 16.7. The van der Waals surface area contributed by atoms with Gasteiger partial charge in [-0.1, -0.05) is 12.1 Å². The molecular weight excluding hydrogens is 354 g/mol. The lowest BCUT2D eigenvalue weighted by atomic mass is 10.0. The first kappa shape index (κ1) is 18.0. The normalized spacial score (nSPS) is 11.0. The number of ether oxygens (including phenoxy) is 3. The van der Waals surface area contributed by atoms with Crippen molar-refractivity contribution in [3.05, 3.63) is 48.9 Å². The summed E-state index contributed by atoms with van der Waals surface area (Å²) in [5.74, 6) is 1.80. The smallest absolute Gasteiger partial charge is 0.203 e. The number of methoxy groups -OCH3 is 3. The summed E-state index contributed by atoms with van der Waals surface area (Å²) in [5, 5.41) is 1.21. The maximum atomic E-state index is 5.53.